The molecule has 2 saturated heterocycles. The molecule has 7 nitrogen and oxygen atoms in total. The minimum Gasteiger partial charge on any atom is -0.446 e. The van der Waals surface area contributed by atoms with E-state index in [0.717, 1.165) is 49.9 Å². The normalized spacial score (nSPS) is 22.6. The molecule has 0 radical (unpaired) electrons. The number of nitrogens with zero attached hydrogens (tertiary/aromatic N) is 3. The van der Waals surface area contributed by atoms with E-state index in [9.17, 15) is 14.4 Å². The standard InChI is InChI=1S/C28H35N3O4/c1-19(23-12-14-24(15-13-23)29-16-8-11-27(29)33)17-26-21(3)31(22(4)32)20(2)18-30(26)28(34)35-25-9-6-5-7-10-25/h12-15,17,20,25H,1,3,5-11,16,18H2,2,4H3/b26-17+. The topological polar surface area (TPSA) is 70.2 Å². The highest BCUT2D eigenvalue weighted by molar-refractivity contribution is 5.95. The van der Waals surface area contributed by atoms with E-state index in [2.05, 4.69) is 13.2 Å². The van der Waals surface area contributed by atoms with Crippen molar-refractivity contribution in [2.24, 2.45) is 0 Å². The lowest BCUT2D eigenvalue weighted by molar-refractivity contribution is -0.129. The van der Waals surface area contributed by atoms with Gasteiger partial charge < -0.3 is 14.5 Å². The number of carbonyl (C=O) groups is 3. The van der Waals surface area contributed by atoms with E-state index in [-0.39, 0.29) is 24.0 Å². The number of rotatable bonds is 4. The molecule has 1 aliphatic carbocycles. The van der Waals surface area contributed by atoms with Gasteiger partial charge in [0.05, 0.1) is 17.4 Å². The first kappa shape index (κ1) is 24.8. The van der Waals surface area contributed by atoms with E-state index >= 15 is 0 Å². The summed E-state index contributed by atoms with van der Waals surface area (Å²) in [6, 6.07) is 7.44. The number of piperazine rings is 1. The van der Waals surface area contributed by atoms with Crippen molar-refractivity contribution in [1.82, 2.24) is 9.80 Å². The van der Waals surface area contributed by atoms with Gasteiger partial charge in [0.15, 0.2) is 0 Å². The molecule has 1 atom stereocenters. The fourth-order valence-electron chi connectivity index (χ4n) is 5.24. The van der Waals surface area contributed by atoms with Gasteiger partial charge in [0, 0.05) is 32.1 Å². The zero-order valence-corrected chi connectivity index (χ0v) is 20.8. The minimum atomic E-state index is -0.407. The summed E-state index contributed by atoms with van der Waals surface area (Å²) in [5.74, 6) is 0.0155. The zero-order valence-electron chi connectivity index (χ0n) is 20.8. The summed E-state index contributed by atoms with van der Waals surface area (Å²) in [7, 11) is 0. The van der Waals surface area contributed by atoms with E-state index in [1.807, 2.05) is 31.2 Å². The molecule has 0 spiro atoms. The Hall–Kier alpha value is -3.35. The van der Waals surface area contributed by atoms with E-state index in [1.165, 1.54) is 13.3 Å². The maximum atomic E-state index is 13.2. The van der Waals surface area contributed by atoms with Gasteiger partial charge >= 0.3 is 6.09 Å². The molecule has 3 fully saturated rings. The largest absolute Gasteiger partial charge is 0.446 e. The Labute approximate surface area is 207 Å². The van der Waals surface area contributed by atoms with Crippen molar-refractivity contribution in [1.29, 1.82) is 0 Å². The molecule has 0 N–H and O–H groups in total. The Morgan fingerprint density at radius 3 is 2.37 bits per heavy atom. The van der Waals surface area contributed by atoms with Crippen LogP contribution in [0.25, 0.3) is 5.57 Å². The second-order valence-corrected chi connectivity index (χ2v) is 9.69. The van der Waals surface area contributed by atoms with Crippen LogP contribution >= 0.6 is 0 Å². The molecule has 0 aromatic heterocycles. The van der Waals surface area contributed by atoms with Crippen LogP contribution in [0.15, 0.2) is 54.9 Å². The number of anilines is 1. The average molecular weight is 478 g/mol. The van der Waals surface area contributed by atoms with Crippen molar-refractivity contribution in [2.75, 3.05) is 18.0 Å². The summed E-state index contributed by atoms with van der Waals surface area (Å²) in [6.45, 7) is 12.8. The highest BCUT2D eigenvalue weighted by atomic mass is 16.6. The molecular formula is C28H35N3O4. The van der Waals surface area contributed by atoms with Crippen molar-refractivity contribution >= 4 is 29.2 Å². The van der Waals surface area contributed by atoms with Gasteiger partial charge in [0.25, 0.3) is 0 Å². The van der Waals surface area contributed by atoms with Crippen LogP contribution in [0.2, 0.25) is 0 Å². The molecule has 1 aromatic carbocycles. The molecule has 1 saturated carbocycles. The average Bonchev–Trinajstić information content (AvgIpc) is 3.27. The maximum absolute atomic E-state index is 13.2. The predicted molar refractivity (Wildman–Crippen MR) is 136 cm³/mol. The van der Waals surface area contributed by atoms with Crippen molar-refractivity contribution in [3.8, 4) is 0 Å². The third-order valence-electron chi connectivity index (χ3n) is 7.08. The van der Waals surface area contributed by atoms with Crippen LogP contribution < -0.4 is 4.90 Å². The van der Waals surface area contributed by atoms with Crippen molar-refractivity contribution in [2.45, 2.75) is 70.9 Å². The van der Waals surface area contributed by atoms with Gasteiger partial charge in [0.2, 0.25) is 11.8 Å². The fraction of sp³-hybridized carbons (Fsp3) is 0.464. The van der Waals surface area contributed by atoms with Crippen molar-refractivity contribution in [3.05, 3.63) is 60.5 Å². The molecule has 3 aliphatic rings. The number of amides is 3. The molecule has 3 amide bonds. The molecule has 2 heterocycles. The molecule has 7 heteroatoms. The van der Waals surface area contributed by atoms with Crippen molar-refractivity contribution in [3.63, 3.8) is 0 Å². The van der Waals surface area contributed by atoms with Crippen LogP contribution in [0.5, 0.6) is 0 Å². The Morgan fingerprint density at radius 2 is 1.77 bits per heavy atom. The maximum Gasteiger partial charge on any atom is 0.414 e. The van der Waals surface area contributed by atoms with Gasteiger partial charge in [-0.3, -0.25) is 14.5 Å². The quantitative estimate of drug-likeness (QED) is 0.594. The summed E-state index contributed by atoms with van der Waals surface area (Å²) in [6.07, 6.45) is 7.85. The summed E-state index contributed by atoms with van der Waals surface area (Å²) in [4.78, 5) is 42.6. The number of carbonyl (C=O) groups excluding carboxylic acids is 3. The first-order valence-corrected chi connectivity index (χ1v) is 12.5. The summed E-state index contributed by atoms with van der Waals surface area (Å²) < 4.78 is 5.86. The Kier molecular flexibility index (Phi) is 7.43. The summed E-state index contributed by atoms with van der Waals surface area (Å²) in [5.41, 5.74) is 3.37. The monoisotopic (exact) mass is 477 g/mol. The van der Waals surface area contributed by atoms with Crippen LogP contribution in [-0.2, 0) is 14.3 Å². The molecular weight excluding hydrogens is 442 g/mol. The molecule has 1 aromatic rings. The van der Waals surface area contributed by atoms with Gasteiger partial charge in [-0.25, -0.2) is 4.79 Å². The van der Waals surface area contributed by atoms with Crippen LogP contribution in [0.3, 0.4) is 0 Å². The van der Waals surface area contributed by atoms with Gasteiger partial charge in [-0.05, 0) is 68.4 Å². The van der Waals surface area contributed by atoms with Gasteiger partial charge in [0.1, 0.15) is 6.10 Å². The number of hydrogen-bond donors (Lipinski definition) is 0. The van der Waals surface area contributed by atoms with E-state index in [4.69, 9.17) is 4.74 Å². The minimum absolute atomic E-state index is 0.0732. The number of benzene rings is 1. The predicted octanol–water partition coefficient (Wildman–Crippen LogP) is 5.25. The number of hydrogen-bond acceptors (Lipinski definition) is 4. The highest BCUT2D eigenvalue weighted by Gasteiger charge is 2.37. The van der Waals surface area contributed by atoms with Crippen LogP contribution in [0.4, 0.5) is 10.5 Å². The lowest BCUT2D eigenvalue weighted by Gasteiger charge is -2.42. The van der Waals surface area contributed by atoms with Crippen LogP contribution in [-0.4, -0.2) is 52.9 Å². The summed E-state index contributed by atoms with van der Waals surface area (Å²) in [5, 5.41) is 0. The molecule has 1 unspecified atom stereocenters. The van der Waals surface area contributed by atoms with E-state index in [1.54, 1.807) is 20.8 Å². The first-order valence-electron chi connectivity index (χ1n) is 12.5. The van der Waals surface area contributed by atoms with Crippen LogP contribution in [0.1, 0.15) is 64.4 Å². The zero-order chi connectivity index (χ0) is 25.1. The van der Waals surface area contributed by atoms with Gasteiger partial charge in [-0.1, -0.05) is 31.7 Å². The number of ether oxygens (including phenoxy) is 1. The van der Waals surface area contributed by atoms with Crippen LogP contribution in [0, 0.1) is 0 Å². The lowest BCUT2D eigenvalue weighted by atomic mass is 9.98. The Morgan fingerprint density at radius 1 is 1.09 bits per heavy atom. The SMILES string of the molecule is C=C(/C=C1\C(=C)N(C(C)=O)C(C)CN1C(=O)OC1CCCCC1)c1ccc(N2CCCC2=O)cc1. The fourth-order valence-corrected chi connectivity index (χ4v) is 5.24. The number of allylic oxidation sites excluding steroid dienone is 2. The second kappa shape index (κ2) is 10.5. The third kappa shape index (κ3) is 5.34. The first-order chi connectivity index (χ1) is 16.8. The Bertz CT molecular complexity index is 1050. The molecule has 35 heavy (non-hydrogen) atoms. The van der Waals surface area contributed by atoms with Crippen molar-refractivity contribution < 1.29 is 19.1 Å². The lowest BCUT2D eigenvalue weighted by Crippen LogP contribution is -2.52. The molecule has 2 aliphatic heterocycles. The second-order valence-electron chi connectivity index (χ2n) is 9.69. The molecule has 186 valence electrons. The highest BCUT2D eigenvalue weighted by Crippen LogP contribution is 2.32. The summed E-state index contributed by atoms with van der Waals surface area (Å²) >= 11 is 0. The van der Waals surface area contributed by atoms with E-state index < -0.39 is 6.09 Å². The molecule has 0 bridgehead atoms. The Balaban J connectivity index is 1.58. The molecule has 4 rings (SSSR count). The third-order valence-corrected chi connectivity index (χ3v) is 7.08. The van der Waals surface area contributed by atoms with Gasteiger partial charge in [-0.15, -0.1) is 0 Å². The van der Waals surface area contributed by atoms with E-state index in [0.29, 0.717) is 29.9 Å². The smallest absolute Gasteiger partial charge is 0.414 e. The van der Waals surface area contributed by atoms with Gasteiger partial charge in [-0.2, -0.15) is 0 Å².